The number of imide groups is 1. The molecule has 7 aliphatic heterocycles. The topological polar surface area (TPSA) is 179 Å². The molecule has 0 saturated carbocycles. The fourth-order valence-electron chi connectivity index (χ4n) is 13.9. The Balaban J connectivity index is 0.653. The predicted octanol–water partition coefficient (Wildman–Crippen LogP) is 7.20. The number of benzene rings is 3. The molecule has 7 aliphatic rings. The molecule has 0 radical (unpaired) electrons. The van der Waals surface area contributed by atoms with Gasteiger partial charge in [0.15, 0.2) is 18.4 Å². The van der Waals surface area contributed by atoms with Gasteiger partial charge in [-0.05, 0) is 139 Å². The summed E-state index contributed by atoms with van der Waals surface area (Å²) in [5.41, 5.74) is 0.477. The lowest BCUT2D eigenvalue weighted by atomic mass is 9.92. The first kappa shape index (κ1) is 58.1. The quantitative estimate of drug-likeness (QED) is 0.0632. The van der Waals surface area contributed by atoms with E-state index in [2.05, 4.69) is 40.7 Å². The van der Waals surface area contributed by atoms with Crippen LogP contribution in [-0.2, 0) is 25.6 Å². The van der Waals surface area contributed by atoms with Gasteiger partial charge < -0.3 is 38.5 Å². The number of piperazine rings is 2. The van der Waals surface area contributed by atoms with Crippen molar-refractivity contribution in [2.75, 3.05) is 115 Å². The van der Waals surface area contributed by atoms with Gasteiger partial charge in [-0.1, -0.05) is 12.0 Å². The van der Waals surface area contributed by atoms with Crippen molar-refractivity contribution in [2.45, 2.75) is 102 Å². The third-order valence-electron chi connectivity index (χ3n) is 18.2. The van der Waals surface area contributed by atoms with Gasteiger partial charge in [-0.3, -0.25) is 39.4 Å². The minimum absolute atomic E-state index is 0.00576. The van der Waals surface area contributed by atoms with Crippen LogP contribution in [0.2, 0.25) is 0 Å². The van der Waals surface area contributed by atoms with Crippen LogP contribution in [0.5, 0.6) is 11.8 Å². The van der Waals surface area contributed by atoms with Gasteiger partial charge in [0, 0.05) is 101 Å². The molecule has 3 unspecified atom stereocenters. The van der Waals surface area contributed by atoms with Crippen molar-refractivity contribution in [3.8, 4) is 35.4 Å². The van der Waals surface area contributed by atoms with Gasteiger partial charge in [-0.25, -0.2) is 18.0 Å². The van der Waals surface area contributed by atoms with Crippen molar-refractivity contribution in [3.05, 3.63) is 76.7 Å². The van der Waals surface area contributed by atoms with E-state index in [1.165, 1.54) is 24.3 Å². The van der Waals surface area contributed by atoms with Gasteiger partial charge in [0.25, 0.3) is 5.91 Å². The maximum Gasteiger partial charge on any atom is 0.410 e. The summed E-state index contributed by atoms with van der Waals surface area (Å²) in [6.07, 6.45) is 13.4. The van der Waals surface area contributed by atoms with Gasteiger partial charge >= 0.3 is 12.1 Å². The maximum atomic E-state index is 17.6. The third kappa shape index (κ3) is 12.0. The molecule has 6 saturated heterocycles. The number of nitrogens with one attached hydrogen (secondary N) is 1. The fourth-order valence-corrected chi connectivity index (χ4v) is 13.9. The number of nitrogens with zero attached hydrogens (tertiary/aromatic N) is 10. The van der Waals surface area contributed by atoms with Crippen molar-refractivity contribution in [3.63, 3.8) is 0 Å². The molecule has 85 heavy (non-hydrogen) atoms. The molecule has 2 aromatic heterocycles. The Kier molecular flexibility index (Phi) is 16.5. The summed E-state index contributed by atoms with van der Waals surface area (Å²) in [5, 5.41) is 3.49. The SMILES string of the molecule is C#Cc1c(F)ccc2cc(OCOC)cc(-c3ncc4c(N5CC6CCC(C5)N6C(=O)OC(C)(C)C)nc(OCCN5CCC(CN6CCC(CN7CCN(c8ccc9c(c8F)CN(C8CCC(=O)NC8=O)C9=O)CC7)CC6)CC5)nc4c3F)c12. The van der Waals surface area contributed by atoms with Crippen LogP contribution < -0.4 is 24.6 Å². The van der Waals surface area contributed by atoms with E-state index in [4.69, 9.17) is 35.3 Å². The average Bonchev–Trinajstić information content (AvgIpc) is 2.08. The Labute approximate surface area is 493 Å². The Morgan fingerprint density at radius 2 is 1.48 bits per heavy atom. The van der Waals surface area contributed by atoms with Gasteiger partial charge in [-0.2, -0.15) is 9.97 Å². The van der Waals surface area contributed by atoms with Crippen molar-refractivity contribution in [1.29, 1.82) is 0 Å². The van der Waals surface area contributed by atoms with E-state index in [9.17, 15) is 19.2 Å². The van der Waals surface area contributed by atoms with E-state index in [1.54, 1.807) is 30.3 Å². The van der Waals surface area contributed by atoms with Gasteiger partial charge in [0.2, 0.25) is 11.8 Å². The number of anilines is 2. The van der Waals surface area contributed by atoms with Crippen LogP contribution in [-0.4, -0.2) is 193 Å². The molecule has 9 heterocycles. The van der Waals surface area contributed by atoms with E-state index in [-0.39, 0.29) is 96.7 Å². The minimum atomic E-state index is -0.786. The highest BCUT2D eigenvalue weighted by atomic mass is 19.1. The van der Waals surface area contributed by atoms with Crippen LogP contribution in [0.25, 0.3) is 32.9 Å². The molecular weight excluding hydrogens is 1100 g/mol. The standard InChI is InChI=1S/C63H74F3N11O8/c1-6-44-49(64)11-7-40-29-43(84-37-82-5)30-46(53(40)44)56-55(66)57-47(31-67-56)58(75-34-41-8-9-42(35-75)77(41)62(81)85-63(2,3)4)70-61(69-57)83-28-27-71-19-15-38(16-20-71)32-72-21-17-39(18-22-72)33-73-23-25-74(26-24-73)50-12-10-45-48(54(50)65)36-76(60(45)80)51-13-14-52(78)68-59(51)79/h1,7,10-12,29-31,38-39,41-42,51H,8-9,13-28,32-37H2,2-5H3,(H,68,78,79). The number of likely N-dealkylation sites (tertiary alicyclic amines) is 2. The zero-order chi connectivity index (χ0) is 59.3. The van der Waals surface area contributed by atoms with Crippen LogP contribution in [0.3, 0.4) is 0 Å². The van der Waals surface area contributed by atoms with E-state index >= 15 is 13.2 Å². The Morgan fingerprint density at radius 1 is 0.788 bits per heavy atom. The molecule has 22 heteroatoms. The first-order valence-corrected chi connectivity index (χ1v) is 30.0. The molecule has 1 N–H and O–H groups in total. The van der Waals surface area contributed by atoms with Crippen LogP contribution in [0.15, 0.2) is 42.6 Å². The second-order valence-corrected chi connectivity index (χ2v) is 24.9. The fraction of sp³-hybridized carbons (Fsp3) is 0.540. The summed E-state index contributed by atoms with van der Waals surface area (Å²) >= 11 is 0. The highest BCUT2D eigenvalue weighted by Crippen LogP contribution is 2.42. The van der Waals surface area contributed by atoms with E-state index in [0.717, 1.165) is 90.9 Å². The number of fused-ring (bicyclic) bond motifs is 5. The van der Waals surface area contributed by atoms with Crippen molar-refractivity contribution < 1.29 is 51.3 Å². The third-order valence-corrected chi connectivity index (χ3v) is 18.2. The lowest BCUT2D eigenvalue weighted by Gasteiger charge is -2.42. The molecule has 19 nitrogen and oxygen atoms in total. The molecular formula is C63H74F3N11O8. The average molecular weight is 1170 g/mol. The molecule has 3 aromatic carbocycles. The lowest BCUT2D eigenvalue weighted by molar-refractivity contribution is -0.136. The predicted molar refractivity (Wildman–Crippen MR) is 313 cm³/mol. The number of methoxy groups -OCH3 is 1. The Bertz CT molecular complexity index is 3430. The monoisotopic (exact) mass is 1170 g/mol. The van der Waals surface area contributed by atoms with Gasteiger partial charge in [0.05, 0.1) is 35.3 Å². The zero-order valence-electron chi connectivity index (χ0n) is 48.8. The first-order chi connectivity index (χ1) is 41.0. The molecule has 3 atom stereocenters. The Hall–Kier alpha value is -7.32. The zero-order valence-corrected chi connectivity index (χ0v) is 48.8. The number of carbonyl (C=O) groups is 4. The summed E-state index contributed by atoms with van der Waals surface area (Å²) in [6.45, 7) is 16.3. The Morgan fingerprint density at radius 3 is 2.15 bits per heavy atom. The molecule has 2 bridgehead atoms. The largest absolute Gasteiger partial charge is 0.468 e. The van der Waals surface area contributed by atoms with Crippen molar-refractivity contribution >= 4 is 57.0 Å². The summed E-state index contributed by atoms with van der Waals surface area (Å²) in [4.78, 5) is 80.2. The van der Waals surface area contributed by atoms with Crippen LogP contribution >= 0.6 is 0 Å². The minimum Gasteiger partial charge on any atom is -0.468 e. The normalized spacial score (nSPS) is 22.1. The highest BCUT2D eigenvalue weighted by Gasteiger charge is 2.46. The number of hydrogen-bond donors (Lipinski definition) is 1. The molecule has 4 amide bonds. The number of amides is 4. The number of carbonyl (C=O) groups excluding carboxylic acids is 4. The van der Waals surface area contributed by atoms with Gasteiger partial charge in [-0.15, -0.1) is 6.42 Å². The van der Waals surface area contributed by atoms with E-state index in [1.807, 2.05) is 25.7 Å². The molecule has 0 spiro atoms. The number of hydrogen-bond acceptors (Lipinski definition) is 16. The highest BCUT2D eigenvalue weighted by molar-refractivity contribution is 6.06. The number of pyridine rings is 1. The second kappa shape index (κ2) is 24.2. The lowest BCUT2D eigenvalue weighted by Crippen LogP contribution is -2.57. The second-order valence-electron chi connectivity index (χ2n) is 24.9. The number of terminal acetylenes is 1. The molecule has 12 rings (SSSR count). The van der Waals surface area contributed by atoms with Gasteiger partial charge in [0.1, 0.15) is 46.8 Å². The smallest absolute Gasteiger partial charge is 0.410 e. The van der Waals surface area contributed by atoms with E-state index in [0.29, 0.717) is 83.5 Å². The number of rotatable bonds is 15. The molecule has 0 aliphatic carbocycles. The van der Waals surface area contributed by atoms with Crippen LogP contribution in [0, 0.1) is 41.6 Å². The summed E-state index contributed by atoms with van der Waals surface area (Å²) in [7, 11) is 1.49. The number of halogens is 3. The molecule has 6 fully saturated rings. The summed E-state index contributed by atoms with van der Waals surface area (Å²) < 4.78 is 72.2. The van der Waals surface area contributed by atoms with Crippen LogP contribution in [0.4, 0.5) is 29.5 Å². The van der Waals surface area contributed by atoms with Crippen LogP contribution in [0.1, 0.15) is 93.6 Å². The van der Waals surface area contributed by atoms with Crippen molar-refractivity contribution in [1.82, 2.24) is 44.8 Å². The first-order valence-electron chi connectivity index (χ1n) is 30.0. The summed E-state index contributed by atoms with van der Waals surface area (Å²) in [5.74, 6) is 1.37. The number of aromatic nitrogens is 3. The number of ether oxygens (including phenoxy) is 4. The molecule has 5 aromatic rings. The number of piperidine rings is 3. The molecule has 450 valence electrons. The van der Waals surface area contributed by atoms with E-state index < -0.39 is 35.0 Å². The maximum absolute atomic E-state index is 17.6. The summed E-state index contributed by atoms with van der Waals surface area (Å²) in [6, 6.07) is 8.36. The van der Waals surface area contributed by atoms with Crippen molar-refractivity contribution in [2.24, 2.45) is 11.8 Å².